The molecule has 2 N–H and O–H groups in total. The molecule has 1 aromatic carbocycles. The SMILES string of the molecule is Cc1ccc(F)cc1C(=O)NCCSCC(=O)O. The van der Waals surface area contributed by atoms with Crippen molar-refractivity contribution < 1.29 is 19.1 Å². The van der Waals surface area contributed by atoms with Crippen molar-refractivity contribution in [1.82, 2.24) is 5.32 Å². The van der Waals surface area contributed by atoms with Crippen molar-refractivity contribution in [3.63, 3.8) is 0 Å². The smallest absolute Gasteiger partial charge is 0.313 e. The molecule has 18 heavy (non-hydrogen) atoms. The number of hydrogen-bond donors (Lipinski definition) is 2. The molecule has 4 nitrogen and oxygen atoms in total. The van der Waals surface area contributed by atoms with Crippen LogP contribution in [0.5, 0.6) is 0 Å². The summed E-state index contributed by atoms with van der Waals surface area (Å²) in [5, 5.41) is 11.0. The fourth-order valence-electron chi connectivity index (χ4n) is 1.33. The summed E-state index contributed by atoms with van der Waals surface area (Å²) in [5.41, 5.74) is 1.00. The first-order chi connectivity index (χ1) is 8.50. The highest BCUT2D eigenvalue weighted by Crippen LogP contribution is 2.10. The summed E-state index contributed by atoms with van der Waals surface area (Å²) in [6.45, 7) is 2.08. The third-order valence-corrected chi connectivity index (χ3v) is 3.15. The molecule has 1 rings (SSSR count). The van der Waals surface area contributed by atoms with E-state index in [9.17, 15) is 14.0 Å². The largest absolute Gasteiger partial charge is 0.481 e. The number of carbonyl (C=O) groups is 2. The summed E-state index contributed by atoms with van der Waals surface area (Å²) in [4.78, 5) is 22.0. The minimum atomic E-state index is -0.882. The molecule has 1 aromatic rings. The molecule has 0 heterocycles. The number of aryl methyl sites for hydroxylation is 1. The second kappa shape index (κ2) is 7.00. The predicted octanol–water partition coefficient (Wildman–Crippen LogP) is 1.68. The third-order valence-electron chi connectivity index (χ3n) is 2.20. The maximum absolute atomic E-state index is 13.0. The Morgan fingerprint density at radius 1 is 1.44 bits per heavy atom. The number of amides is 1. The lowest BCUT2D eigenvalue weighted by Gasteiger charge is -2.07. The summed E-state index contributed by atoms with van der Waals surface area (Å²) in [6, 6.07) is 4.04. The topological polar surface area (TPSA) is 66.4 Å². The van der Waals surface area contributed by atoms with Crippen LogP contribution in [-0.2, 0) is 4.79 Å². The molecule has 0 unspecified atom stereocenters. The molecule has 0 saturated heterocycles. The molecule has 0 bridgehead atoms. The lowest BCUT2D eigenvalue weighted by atomic mass is 10.1. The molecular formula is C12H14FNO3S. The van der Waals surface area contributed by atoms with Crippen molar-refractivity contribution >= 4 is 23.6 Å². The molecule has 0 aromatic heterocycles. The summed E-state index contributed by atoms with van der Waals surface area (Å²) in [7, 11) is 0. The lowest BCUT2D eigenvalue weighted by Crippen LogP contribution is -2.26. The van der Waals surface area contributed by atoms with E-state index in [1.807, 2.05) is 0 Å². The maximum atomic E-state index is 13.0. The quantitative estimate of drug-likeness (QED) is 0.773. The number of aliphatic carboxylic acids is 1. The van der Waals surface area contributed by atoms with Gasteiger partial charge in [-0.25, -0.2) is 4.39 Å². The van der Waals surface area contributed by atoms with Crippen molar-refractivity contribution in [2.45, 2.75) is 6.92 Å². The van der Waals surface area contributed by atoms with E-state index in [1.54, 1.807) is 13.0 Å². The normalized spacial score (nSPS) is 10.1. The number of nitrogens with one attached hydrogen (secondary N) is 1. The molecule has 0 aliphatic heterocycles. The van der Waals surface area contributed by atoms with E-state index in [0.717, 1.165) is 0 Å². The molecule has 98 valence electrons. The van der Waals surface area contributed by atoms with Gasteiger partial charge < -0.3 is 10.4 Å². The highest BCUT2D eigenvalue weighted by molar-refractivity contribution is 7.99. The van der Waals surface area contributed by atoms with Crippen LogP contribution >= 0.6 is 11.8 Å². The van der Waals surface area contributed by atoms with Crippen LogP contribution in [-0.4, -0.2) is 35.0 Å². The van der Waals surface area contributed by atoms with Crippen molar-refractivity contribution in [1.29, 1.82) is 0 Å². The number of halogens is 1. The fraction of sp³-hybridized carbons (Fsp3) is 0.333. The first-order valence-corrected chi connectivity index (χ1v) is 6.50. The number of carbonyl (C=O) groups excluding carboxylic acids is 1. The number of carboxylic acid groups (broad SMARTS) is 1. The molecule has 0 radical (unpaired) electrons. The van der Waals surface area contributed by atoms with E-state index in [2.05, 4.69) is 5.32 Å². The Bertz CT molecular complexity index is 451. The Hall–Kier alpha value is -1.56. The zero-order chi connectivity index (χ0) is 13.5. The number of thioether (sulfide) groups is 1. The minimum absolute atomic E-state index is 0.00879. The molecular weight excluding hydrogens is 257 g/mol. The van der Waals surface area contributed by atoms with Crippen LogP contribution in [0.4, 0.5) is 4.39 Å². The molecule has 0 aliphatic rings. The van der Waals surface area contributed by atoms with Gasteiger partial charge in [0.2, 0.25) is 0 Å². The average molecular weight is 271 g/mol. The van der Waals surface area contributed by atoms with Gasteiger partial charge in [-0.1, -0.05) is 6.07 Å². The number of rotatable bonds is 6. The summed E-state index contributed by atoms with van der Waals surface area (Å²) >= 11 is 1.22. The third kappa shape index (κ3) is 4.75. The molecule has 0 saturated carbocycles. The molecule has 1 amide bonds. The van der Waals surface area contributed by atoms with Gasteiger partial charge in [0.25, 0.3) is 5.91 Å². The highest BCUT2D eigenvalue weighted by atomic mass is 32.2. The van der Waals surface area contributed by atoms with Gasteiger partial charge in [0, 0.05) is 17.9 Å². The zero-order valence-electron chi connectivity index (χ0n) is 9.90. The van der Waals surface area contributed by atoms with E-state index in [1.165, 1.54) is 23.9 Å². The molecule has 6 heteroatoms. The standard InChI is InChI=1S/C12H14FNO3S/c1-8-2-3-9(13)6-10(8)12(17)14-4-5-18-7-11(15)16/h2-3,6H,4-5,7H2,1H3,(H,14,17)(H,15,16). The van der Waals surface area contributed by atoms with Crippen molar-refractivity contribution in [2.75, 3.05) is 18.1 Å². The number of carboxylic acids is 1. The van der Waals surface area contributed by atoms with Gasteiger partial charge >= 0.3 is 5.97 Å². The van der Waals surface area contributed by atoms with Crippen LogP contribution in [0.2, 0.25) is 0 Å². The summed E-state index contributed by atoms with van der Waals surface area (Å²) in [6.07, 6.45) is 0. The second-order valence-electron chi connectivity index (χ2n) is 3.66. The minimum Gasteiger partial charge on any atom is -0.481 e. The Morgan fingerprint density at radius 2 is 2.17 bits per heavy atom. The summed E-state index contributed by atoms with van der Waals surface area (Å²) < 4.78 is 13.0. The Kier molecular flexibility index (Phi) is 5.64. The van der Waals surface area contributed by atoms with Crippen molar-refractivity contribution in [3.8, 4) is 0 Å². The van der Waals surface area contributed by atoms with Crippen LogP contribution < -0.4 is 5.32 Å². The monoisotopic (exact) mass is 271 g/mol. The second-order valence-corrected chi connectivity index (χ2v) is 4.77. The first kappa shape index (κ1) is 14.5. The van der Waals surface area contributed by atoms with Crippen LogP contribution in [0.15, 0.2) is 18.2 Å². The van der Waals surface area contributed by atoms with E-state index < -0.39 is 11.8 Å². The molecule has 0 spiro atoms. The Balaban J connectivity index is 2.41. The highest BCUT2D eigenvalue weighted by Gasteiger charge is 2.09. The Labute approximate surface area is 109 Å². The van der Waals surface area contributed by atoms with Crippen LogP contribution in [0.3, 0.4) is 0 Å². The van der Waals surface area contributed by atoms with Crippen LogP contribution in [0.25, 0.3) is 0 Å². The summed E-state index contributed by atoms with van der Waals surface area (Å²) in [5.74, 6) is -1.16. The molecule has 0 atom stereocenters. The molecule has 0 aliphatic carbocycles. The maximum Gasteiger partial charge on any atom is 0.313 e. The van der Waals surface area contributed by atoms with E-state index >= 15 is 0 Å². The van der Waals surface area contributed by atoms with E-state index in [-0.39, 0.29) is 11.7 Å². The number of hydrogen-bond acceptors (Lipinski definition) is 3. The van der Waals surface area contributed by atoms with Crippen molar-refractivity contribution in [2.24, 2.45) is 0 Å². The van der Waals surface area contributed by atoms with Gasteiger partial charge in [0.1, 0.15) is 5.82 Å². The zero-order valence-corrected chi connectivity index (χ0v) is 10.7. The molecule has 0 fully saturated rings. The average Bonchev–Trinajstić information content (AvgIpc) is 2.31. The Morgan fingerprint density at radius 3 is 2.83 bits per heavy atom. The van der Waals surface area contributed by atoms with Gasteiger partial charge in [-0.2, -0.15) is 0 Å². The van der Waals surface area contributed by atoms with E-state index in [4.69, 9.17) is 5.11 Å². The fourth-order valence-corrected chi connectivity index (χ4v) is 1.90. The van der Waals surface area contributed by atoms with Gasteiger partial charge in [0.15, 0.2) is 0 Å². The van der Waals surface area contributed by atoms with Crippen LogP contribution in [0, 0.1) is 12.7 Å². The van der Waals surface area contributed by atoms with Crippen molar-refractivity contribution in [3.05, 3.63) is 35.1 Å². The number of benzene rings is 1. The van der Waals surface area contributed by atoms with Crippen LogP contribution in [0.1, 0.15) is 15.9 Å². The first-order valence-electron chi connectivity index (χ1n) is 5.34. The van der Waals surface area contributed by atoms with Gasteiger partial charge in [0.05, 0.1) is 5.75 Å². The predicted molar refractivity (Wildman–Crippen MR) is 68.4 cm³/mol. The van der Waals surface area contributed by atoms with E-state index in [0.29, 0.717) is 23.4 Å². The van der Waals surface area contributed by atoms with Gasteiger partial charge in [-0.05, 0) is 24.6 Å². The lowest BCUT2D eigenvalue weighted by molar-refractivity contribution is -0.133. The van der Waals surface area contributed by atoms with Gasteiger partial charge in [-0.3, -0.25) is 9.59 Å². The van der Waals surface area contributed by atoms with Gasteiger partial charge in [-0.15, -0.1) is 11.8 Å².